The number of aromatic nitrogens is 6. The third kappa shape index (κ3) is 3.48. The molecule has 1 saturated heterocycles. The molecule has 4 heterocycles. The largest absolute Gasteiger partial charge is 0.376 e. The third-order valence-electron chi connectivity index (χ3n) is 4.91. The van der Waals surface area contributed by atoms with Gasteiger partial charge in [0.05, 0.1) is 12.6 Å². The van der Waals surface area contributed by atoms with Crippen LogP contribution in [0.1, 0.15) is 18.5 Å². The van der Waals surface area contributed by atoms with Crippen LogP contribution < -0.4 is 0 Å². The first-order chi connectivity index (χ1) is 14.3. The fourth-order valence-corrected chi connectivity index (χ4v) is 4.26. The monoisotopic (exact) mass is 403 g/mol. The molecule has 1 atom stereocenters. The lowest BCUT2D eigenvalue weighted by atomic mass is 10.1. The predicted molar refractivity (Wildman–Crippen MR) is 107 cm³/mol. The highest BCUT2D eigenvalue weighted by atomic mass is 32.2. The number of aromatic amines is 1. The molecule has 0 bridgehead atoms. The molecule has 1 aliphatic heterocycles. The van der Waals surface area contributed by atoms with E-state index >= 15 is 0 Å². The molecule has 9 heteroatoms. The molecule has 0 spiro atoms. The van der Waals surface area contributed by atoms with Crippen molar-refractivity contribution in [1.82, 2.24) is 29.9 Å². The van der Waals surface area contributed by atoms with Crippen molar-refractivity contribution in [1.29, 1.82) is 5.26 Å². The molecule has 1 aliphatic rings. The van der Waals surface area contributed by atoms with Crippen LogP contribution in [0.4, 0.5) is 0 Å². The molecule has 3 aromatic heterocycles. The Labute approximate surface area is 170 Å². The van der Waals surface area contributed by atoms with Gasteiger partial charge in [0.1, 0.15) is 11.1 Å². The molecule has 1 N–H and O–H groups in total. The van der Waals surface area contributed by atoms with Crippen LogP contribution in [0, 0.1) is 11.3 Å². The molecule has 1 aromatic carbocycles. The SMILES string of the molecule is N#Cc1ccc(Sc2nnc(-c3c[nH]c4ccccc34)n2CC2CCCO2)nn1. The van der Waals surface area contributed by atoms with Crippen LogP contribution in [0.25, 0.3) is 22.3 Å². The number of nitriles is 1. The summed E-state index contributed by atoms with van der Waals surface area (Å²) in [5.74, 6) is 0.794. The Balaban J connectivity index is 1.54. The summed E-state index contributed by atoms with van der Waals surface area (Å²) in [6.07, 6.45) is 4.20. The van der Waals surface area contributed by atoms with Gasteiger partial charge < -0.3 is 9.72 Å². The minimum Gasteiger partial charge on any atom is -0.376 e. The van der Waals surface area contributed by atoms with Gasteiger partial charge in [-0.2, -0.15) is 5.26 Å². The van der Waals surface area contributed by atoms with E-state index < -0.39 is 0 Å². The van der Waals surface area contributed by atoms with Crippen LogP contribution in [0.3, 0.4) is 0 Å². The lowest BCUT2D eigenvalue weighted by Gasteiger charge is -2.14. The quantitative estimate of drug-likeness (QED) is 0.544. The fraction of sp³-hybridized carbons (Fsp3) is 0.250. The summed E-state index contributed by atoms with van der Waals surface area (Å²) < 4.78 is 7.96. The van der Waals surface area contributed by atoms with Gasteiger partial charge in [-0.3, -0.25) is 4.57 Å². The van der Waals surface area contributed by atoms with Gasteiger partial charge in [0.2, 0.25) is 0 Å². The molecule has 29 heavy (non-hydrogen) atoms. The molecule has 5 rings (SSSR count). The molecule has 0 aliphatic carbocycles. The second-order valence-electron chi connectivity index (χ2n) is 6.77. The number of nitrogens with zero attached hydrogens (tertiary/aromatic N) is 6. The standard InChI is InChI=1S/C20H17N7OS/c21-10-13-7-8-18(24-23-13)29-20-26-25-19(27(20)12-14-4-3-9-28-14)16-11-22-17-6-2-1-5-15(16)17/h1-2,5-8,11,14,22H,3-4,9,12H2. The lowest BCUT2D eigenvalue weighted by Crippen LogP contribution is -2.16. The molecule has 1 unspecified atom stereocenters. The second-order valence-corrected chi connectivity index (χ2v) is 7.76. The van der Waals surface area contributed by atoms with Gasteiger partial charge in [0.25, 0.3) is 0 Å². The zero-order valence-electron chi connectivity index (χ0n) is 15.4. The van der Waals surface area contributed by atoms with Crippen LogP contribution in [0.2, 0.25) is 0 Å². The van der Waals surface area contributed by atoms with Crippen molar-refractivity contribution in [2.75, 3.05) is 6.61 Å². The Morgan fingerprint density at radius 3 is 2.90 bits per heavy atom. The Kier molecular flexibility index (Phi) is 4.71. The van der Waals surface area contributed by atoms with E-state index in [-0.39, 0.29) is 11.8 Å². The molecule has 1 fully saturated rings. The topological polar surface area (TPSA) is 105 Å². The summed E-state index contributed by atoms with van der Waals surface area (Å²) in [4.78, 5) is 3.31. The van der Waals surface area contributed by atoms with Crippen LogP contribution >= 0.6 is 11.8 Å². The average Bonchev–Trinajstić information content (AvgIpc) is 3.50. The number of benzene rings is 1. The molecule has 8 nitrogen and oxygen atoms in total. The third-order valence-corrected chi connectivity index (χ3v) is 5.82. The number of para-hydroxylation sites is 1. The Bertz CT molecular complexity index is 1190. The van der Waals surface area contributed by atoms with Gasteiger partial charge in [0.15, 0.2) is 16.7 Å². The molecule has 0 amide bonds. The maximum Gasteiger partial charge on any atom is 0.197 e. The van der Waals surface area contributed by atoms with Crippen molar-refractivity contribution < 1.29 is 4.74 Å². The average molecular weight is 403 g/mol. The molecule has 144 valence electrons. The van der Waals surface area contributed by atoms with E-state index in [2.05, 4.69) is 36.0 Å². The van der Waals surface area contributed by atoms with Crippen LogP contribution in [0.15, 0.2) is 52.8 Å². The number of hydrogen-bond acceptors (Lipinski definition) is 7. The number of hydrogen-bond donors (Lipinski definition) is 1. The van der Waals surface area contributed by atoms with E-state index in [0.29, 0.717) is 11.6 Å². The minimum atomic E-state index is 0.140. The van der Waals surface area contributed by atoms with E-state index in [9.17, 15) is 0 Å². The van der Waals surface area contributed by atoms with E-state index in [1.807, 2.05) is 30.5 Å². The Morgan fingerprint density at radius 1 is 1.17 bits per heavy atom. The summed E-state index contributed by atoms with van der Waals surface area (Å²) >= 11 is 1.38. The van der Waals surface area contributed by atoms with Gasteiger partial charge in [0, 0.05) is 29.3 Å². The maximum atomic E-state index is 8.91. The zero-order chi connectivity index (χ0) is 19.6. The van der Waals surface area contributed by atoms with Gasteiger partial charge in [-0.05, 0) is 42.8 Å². The van der Waals surface area contributed by atoms with Crippen molar-refractivity contribution in [3.05, 3.63) is 48.3 Å². The maximum absolute atomic E-state index is 8.91. The van der Waals surface area contributed by atoms with E-state index in [1.165, 1.54) is 11.8 Å². The zero-order valence-corrected chi connectivity index (χ0v) is 16.3. The van der Waals surface area contributed by atoms with E-state index in [0.717, 1.165) is 46.9 Å². The molecule has 4 aromatic rings. The molecular formula is C20H17N7OS. The van der Waals surface area contributed by atoms with Crippen molar-refractivity contribution >= 4 is 22.7 Å². The summed E-state index contributed by atoms with van der Waals surface area (Å²) in [5, 5.41) is 28.3. The van der Waals surface area contributed by atoms with Gasteiger partial charge in [-0.15, -0.1) is 20.4 Å². The molecule has 0 saturated carbocycles. The number of ether oxygens (including phenoxy) is 1. The number of H-pyrrole nitrogens is 1. The van der Waals surface area contributed by atoms with Gasteiger partial charge in [-0.25, -0.2) is 0 Å². The summed E-state index contributed by atoms with van der Waals surface area (Å²) in [7, 11) is 0. The number of fused-ring (bicyclic) bond motifs is 1. The highest BCUT2D eigenvalue weighted by molar-refractivity contribution is 7.99. The van der Waals surface area contributed by atoms with E-state index in [4.69, 9.17) is 10.00 Å². The van der Waals surface area contributed by atoms with Crippen molar-refractivity contribution in [2.24, 2.45) is 0 Å². The Morgan fingerprint density at radius 2 is 2.10 bits per heavy atom. The highest BCUT2D eigenvalue weighted by Gasteiger charge is 2.23. The Hall–Kier alpha value is -3.22. The van der Waals surface area contributed by atoms with Crippen LogP contribution in [-0.2, 0) is 11.3 Å². The number of nitrogens with one attached hydrogen (secondary N) is 1. The second kappa shape index (κ2) is 7.66. The fourth-order valence-electron chi connectivity index (χ4n) is 3.50. The van der Waals surface area contributed by atoms with Crippen molar-refractivity contribution in [3.8, 4) is 17.5 Å². The predicted octanol–water partition coefficient (Wildman–Crippen LogP) is 3.42. The molecular weight excluding hydrogens is 386 g/mol. The van der Waals surface area contributed by atoms with Gasteiger partial charge >= 0.3 is 0 Å². The lowest BCUT2D eigenvalue weighted by molar-refractivity contribution is 0.0953. The first kappa shape index (κ1) is 17.8. The van der Waals surface area contributed by atoms with Crippen molar-refractivity contribution in [2.45, 2.75) is 35.7 Å². The number of rotatable bonds is 5. The van der Waals surface area contributed by atoms with E-state index in [1.54, 1.807) is 12.1 Å². The van der Waals surface area contributed by atoms with Crippen molar-refractivity contribution in [3.63, 3.8) is 0 Å². The van der Waals surface area contributed by atoms with Crippen LogP contribution in [-0.4, -0.2) is 42.7 Å². The minimum absolute atomic E-state index is 0.140. The first-order valence-corrected chi connectivity index (χ1v) is 10.2. The summed E-state index contributed by atoms with van der Waals surface area (Å²) in [6, 6.07) is 13.5. The summed E-state index contributed by atoms with van der Waals surface area (Å²) in [5.41, 5.74) is 2.35. The summed E-state index contributed by atoms with van der Waals surface area (Å²) in [6.45, 7) is 1.46. The normalized spacial score (nSPS) is 16.3. The highest BCUT2D eigenvalue weighted by Crippen LogP contribution is 2.33. The molecule has 0 radical (unpaired) electrons. The smallest absolute Gasteiger partial charge is 0.197 e. The first-order valence-electron chi connectivity index (χ1n) is 9.35. The van der Waals surface area contributed by atoms with Crippen LogP contribution in [0.5, 0.6) is 0 Å². The van der Waals surface area contributed by atoms with Gasteiger partial charge in [-0.1, -0.05) is 18.2 Å².